The molecule has 4 nitrogen and oxygen atoms in total. The van der Waals surface area contributed by atoms with Crippen molar-refractivity contribution in [1.82, 2.24) is 4.31 Å². The summed E-state index contributed by atoms with van der Waals surface area (Å²) in [5.74, 6) is 0. The van der Waals surface area contributed by atoms with E-state index in [1.165, 1.54) is 21.7 Å². The van der Waals surface area contributed by atoms with Crippen LogP contribution in [0.4, 0.5) is 5.69 Å². The lowest BCUT2D eigenvalue weighted by atomic mass is 10.4. The van der Waals surface area contributed by atoms with Gasteiger partial charge in [-0.3, -0.25) is 0 Å². The molecule has 0 saturated carbocycles. The minimum absolute atomic E-state index is 0.273. The highest BCUT2D eigenvalue weighted by Gasteiger charge is 2.25. The van der Waals surface area contributed by atoms with Crippen LogP contribution in [0.3, 0.4) is 0 Å². The van der Waals surface area contributed by atoms with E-state index in [9.17, 15) is 8.42 Å². The molecule has 0 spiro atoms. The van der Waals surface area contributed by atoms with Gasteiger partial charge in [0.05, 0.1) is 4.34 Å². The summed E-state index contributed by atoms with van der Waals surface area (Å²) in [4.78, 5) is 0.917. The van der Waals surface area contributed by atoms with Crippen LogP contribution in [-0.2, 0) is 16.6 Å². The molecule has 0 aliphatic rings. The molecule has 2 rings (SSSR count). The van der Waals surface area contributed by atoms with Crippen LogP contribution in [-0.4, -0.2) is 19.3 Å². The molecule has 0 unspecified atom stereocenters. The summed E-state index contributed by atoms with van der Waals surface area (Å²) in [5.41, 5.74) is 6.06. The first-order valence-electron chi connectivity index (χ1n) is 5.52. The summed E-state index contributed by atoms with van der Waals surface area (Å²) in [6.45, 7) is 2.54. The van der Waals surface area contributed by atoms with Gasteiger partial charge < -0.3 is 5.73 Å². The zero-order valence-electron chi connectivity index (χ0n) is 10.2. The van der Waals surface area contributed by atoms with E-state index in [1.807, 2.05) is 13.0 Å². The second-order valence-electron chi connectivity index (χ2n) is 3.84. The lowest BCUT2D eigenvalue weighted by Gasteiger charge is -2.18. The summed E-state index contributed by atoms with van der Waals surface area (Å²) < 4.78 is 27.2. The highest BCUT2D eigenvalue weighted by molar-refractivity contribution is 7.91. The van der Waals surface area contributed by atoms with Gasteiger partial charge in [0.25, 0.3) is 10.0 Å². The Morgan fingerprint density at radius 2 is 2.16 bits per heavy atom. The van der Waals surface area contributed by atoms with E-state index in [1.54, 1.807) is 11.4 Å². The maximum absolute atomic E-state index is 12.4. The zero-order chi connectivity index (χ0) is 14.0. The standard InChI is InChI=1S/C11H13ClN2O2S3/c1-2-14(6-9-3-4-10(12)18-9)19(15,16)11-5-8(13)7-17-11/h3-5,7H,2,6,13H2,1H3. The molecule has 0 atom stereocenters. The topological polar surface area (TPSA) is 63.4 Å². The maximum atomic E-state index is 12.4. The predicted octanol–water partition coefficient (Wildman–Crippen LogP) is 3.26. The van der Waals surface area contributed by atoms with E-state index in [0.29, 0.717) is 23.1 Å². The van der Waals surface area contributed by atoms with E-state index >= 15 is 0 Å². The van der Waals surface area contributed by atoms with E-state index in [0.717, 1.165) is 16.2 Å². The van der Waals surface area contributed by atoms with Crippen molar-refractivity contribution in [3.63, 3.8) is 0 Å². The van der Waals surface area contributed by atoms with E-state index in [2.05, 4.69) is 0 Å². The van der Waals surface area contributed by atoms with E-state index < -0.39 is 10.0 Å². The summed E-state index contributed by atoms with van der Waals surface area (Å²) in [6.07, 6.45) is 0. The lowest BCUT2D eigenvalue weighted by Crippen LogP contribution is -2.29. The molecule has 0 aromatic carbocycles. The van der Waals surface area contributed by atoms with Crippen molar-refractivity contribution >= 4 is 50.0 Å². The molecule has 2 aromatic rings. The van der Waals surface area contributed by atoms with Gasteiger partial charge in [0.15, 0.2) is 0 Å². The Balaban J connectivity index is 2.26. The van der Waals surface area contributed by atoms with Crippen molar-refractivity contribution in [3.05, 3.63) is 32.8 Å². The van der Waals surface area contributed by atoms with Crippen LogP contribution in [0.1, 0.15) is 11.8 Å². The summed E-state index contributed by atoms with van der Waals surface area (Å²) in [5, 5.41) is 1.63. The molecule has 2 N–H and O–H groups in total. The zero-order valence-corrected chi connectivity index (χ0v) is 13.4. The molecular formula is C11H13ClN2O2S3. The number of hydrogen-bond donors (Lipinski definition) is 1. The second kappa shape index (κ2) is 5.80. The minimum Gasteiger partial charge on any atom is -0.398 e. The lowest BCUT2D eigenvalue weighted by molar-refractivity contribution is 0.428. The SMILES string of the molecule is CCN(Cc1ccc(Cl)s1)S(=O)(=O)c1cc(N)cs1. The van der Waals surface area contributed by atoms with E-state index in [-0.39, 0.29) is 4.21 Å². The Labute approximate surface area is 125 Å². The largest absolute Gasteiger partial charge is 0.398 e. The fourth-order valence-electron chi connectivity index (χ4n) is 1.57. The van der Waals surface area contributed by atoms with Gasteiger partial charge in [-0.15, -0.1) is 22.7 Å². The average molecular weight is 337 g/mol. The summed E-state index contributed by atoms with van der Waals surface area (Å²) >= 11 is 8.38. The number of nitrogens with zero attached hydrogens (tertiary/aromatic N) is 1. The monoisotopic (exact) mass is 336 g/mol. The number of rotatable bonds is 5. The first-order chi connectivity index (χ1) is 8.93. The molecule has 19 heavy (non-hydrogen) atoms. The quantitative estimate of drug-likeness (QED) is 0.911. The third kappa shape index (κ3) is 3.29. The van der Waals surface area contributed by atoms with Crippen molar-refractivity contribution in [3.8, 4) is 0 Å². The highest BCUT2D eigenvalue weighted by Crippen LogP contribution is 2.28. The number of halogens is 1. The van der Waals surface area contributed by atoms with Crippen LogP contribution < -0.4 is 5.73 Å². The molecule has 0 bridgehead atoms. The van der Waals surface area contributed by atoms with Gasteiger partial charge in [-0.2, -0.15) is 4.31 Å². The maximum Gasteiger partial charge on any atom is 0.252 e. The van der Waals surface area contributed by atoms with Gasteiger partial charge in [0.1, 0.15) is 4.21 Å². The molecule has 0 fully saturated rings. The molecule has 0 aliphatic heterocycles. The second-order valence-corrected chi connectivity index (χ2v) is 8.71. The van der Waals surface area contributed by atoms with Crippen LogP contribution in [0.25, 0.3) is 0 Å². The molecule has 8 heteroatoms. The Morgan fingerprint density at radius 3 is 2.63 bits per heavy atom. The number of thiophene rings is 2. The average Bonchev–Trinajstić information content (AvgIpc) is 2.95. The van der Waals surface area contributed by atoms with Gasteiger partial charge in [0, 0.05) is 29.0 Å². The normalized spacial score (nSPS) is 12.2. The molecule has 0 radical (unpaired) electrons. The third-order valence-electron chi connectivity index (χ3n) is 2.50. The van der Waals surface area contributed by atoms with Crippen LogP contribution in [0, 0.1) is 0 Å². The Bertz CT molecular complexity index is 663. The summed E-state index contributed by atoms with van der Waals surface area (Å²) in [7, 11) is -3.48. The van der Waals surface area contributed by atoms with Gasteiger partial charge in [0.2, 0.25) is 0 Å². The first-order valence-corrected chi connectivity index (χ1v) is 9.03. The molecular weight excluding hydrogens is 324 g/mol. The van der Waals surface area contributed by atoms with Gasteiger partial charge in [-0.05, 0) is 18.2 Å². The van der Waals surface area contributed by atoms with Crippen molar-refractivity contribution < 1.29 is 8.42 Å². The van der Waals surface area contributed by atoms with Crippen LogP contribution >= 0.6 is 34.3 Å². The molecule has 0 aliphatic carbocycles. The van der Waals surface area contributed by atoms with Crippen LogP contribution in [0.2, 0.25) is 4.34 Å². The van der Waals surface area contributed by atoms with Gasteiger partial charge in [-0.1, -0.05) is 18.5 Å². The Morgan fingerprint density at radius 1 is 1.42 bits per heavy atom. The Hall–Kier alpha value is -0.600. The van der Waals surface area contributed by atoms with Crippen LogP contribution in [0.5, 0.6) is 0 Å². The highest BCUT2D eigenvalue weighted by atomic mass is 35.5. The Kier molecular flexibility index (Phi) is 4.52. The third-order valence-corrected chi connectivity index (χ3v) is 7.07. The van der Waals surface area contributed by atoms with Gasteiger partial charge >= 0.3 is 0 Å². The van der Waals surface area contributed by atoms with Crippen LogP contribution in [0.15, 0.2) is 27.8 Å². The van der Waals surface area contributed by atoms with Crippen molar-refractivity contribution in [1.29, 1.82) is 0 Å². The predicted molar refractivity (Wildman–Crippen MR) is 81.3 cm³/mol. The minimum atomic E-state index is -3.48. The number of nitrogens with two attached hydrogens (primary N) is 1. The molecule has 0 amide bonds. The number of nitrogen functional groups attached to an aromatic ring is 1. The molecule has 104 valence electrons. The summed E-state index contributed by atoms with van der Waals surface area (Å²) in [6, 6.07) is 5.10. The fraction of sp³-hybridized carbons (Fsp3) is 0.273. The van der Waals surface area contributed by atoms with Gasteiger partial charge in [-0.25, -0.2) is 8.42 Å². The van der Waals surface area contributed by atoms with Crippen molar-refractivity contribution in [2.24, 2.45) is 0 Å². The number of anilines is 1. The molecule has 2 aromatic heterocycles. The van der Waals surface area contributed by atoms with Crippen molar-refractivity contribution in [2.45, 2.75) is 17.7 Å². The molecule has 2 heterocycles. The number of sulfonamides is 1. The van der Waals surface area contributed by atoms with E-state index in [4.69, 9.17) is 17.3 Å². The number of hydrogen-bond acceptors (Lipinski definition) is 5. The fourth-order valence-corrected chi connectivity index (χ4v) is 5.41. The smallest absolute Gasteiger partial charge is 0.252 e. The molecule has 0 saturated heterocycles. The van der Waals surface area contributed by atoms with Crippen molar-refractivity contribution in [2.75, 3.05) is 12.3 Å². The first kappa shape index (κ1) is 14.8.